The van der Waals surface area contributed by atoms with Crippen LogP contribution < -0.4 is 4.74 Å². The summed E-state index contributed by atoms with van der Waals surface area (Å²) in [4.78, 5) is 0. The van der Waals surface area contributed by atoms with E-state index in [1.807, 2.05) is 13.0 Å². The number of phenols is 1. The summed E-state index contributed by atoms with van der Waals surface area (Å²) < 4.78 is 5.50. The van der Waals surface area contributed by atoms with Crippen LogP contribution in [0.2, 0.25) is 0 Å². The van der Waals surface area contributed by atoms with E-state index in [1.54, 1.807) is 6.07 Å². The van der Waals surface area contributed by atoms with Crippen LogP contribution in [-0.4, -0.2) is 11.7 Å². The van der Waals surface area contributed by atoms with Gasteiger partial charge in [0.05, 0.1) is 6.61 Å². The summed E-state index contributed by atoms with van der Waals surface area (Å²) in [5.74, 6) is 1.59. The van der Waals surface area contributed by atoms with Gasteiger partial charge in [0.25, 0.3) is 0 Å². The largest absolute Gasteiger partial charge is 0.508 e. The molecule has 1 N–H and O–H groups in total. The second-order valence-corrected chi connectivity index (χ2v) is 4.88. The summed E-state index contributed by atoms with van der Waals surface area (Å²) in [6, 6.07) is 5.64. The van der Waals surface area contributed by atoms with Crippen LogP contribution in [0, 0.1) is 0 Å². The highest BCUT2D eigenvalue weighted by molar-refractivity contribution is 5.39. The van der Waals surface area contributed by atoms with Crippen LogP contribution in [0.25, 0.3) is 0 Å². The third-order valence-corrected chi connectivity index (χ3v) is 3.46. The van der Waals surface area contributed by atoms with E-state index in [9.17, 15) is 5.11 Å². The van der Waals surface area contributed by atoms with E-state index in [0.29, 0.717) is 18.3 Å². The maximum atomic E-state index is 9.78. The molecule has 0 aromatic heterocycles. The fourth-order valence-electron chi connectivity index (χ4n) is 2.54. The lowest BCUT2D eigenvalue weighted by Gasteiger charge is -2.18. The Kier molecular flexibility index (Phi) is 4.68. The molecule has 1 unspecified atom stereocenters. The Hall–Kier alpha value is -1.44. The second-order valence-electron chi connectivity index (χ2n) is 4.88. The normalized spacial score (nSPS) is 21.9. The SMILES string of the molecule is CCOc1cc(O)cc(C2C/C=C\CCCC2)c1. The van der Waals surface area contributed by atoms with E-state index in [4.69, 9.17) is 4.74 Å². The number of hydrogen-bond acceptors (Lipinski definition) is 2. The number of ether oxygens (including phenoxy) is 1. The summed E-state index contributed by atoms with van der Waals surface area (Å²) in [7, 11) is 0. The molecule has 2 nitrogen and oxygen atoms in total. The van der Waals surface area contributed by atoms with Gasteiger partial charge in [-0.2, -0.15) is 0 Å². The van der Waals surface area contributed by atoms with Crippen molar-refractivity contribution in [2.24, 2.45) is 0 Å². The summed E-state index contributed by atoms with van der Waals surface area (Å²) in [5, 5.41) is 9.78. The highest BCUT2D eigenvalue weighted by Crippen LogP contribution is 2.33. The van der Waals surface area contributed by atoms with E-state index in [1.165, 1.54) is 31.2 Å². The Balaban J connectivity index is 2.19. The highest BCUT2D eigenvalue weighted by Gasteiger charge is 2.13. The van der Waals surface area contributed by atoms with Crippen molar-refractivity contribution in [1.82, 2.24) is 0 Å². The number of allylic oxidation sites excluding steroid dienone is 2. The molecule has 0 saturated heterocycles. The summed E-state index contributed by atoms with van der Waals surface area (Å²) >= 11 is 0. The second kappa shape index (κ2) is 6.48. The summed E-state index contributed by atoms with van der Waals surface area (Å²) in [6.07, 6.45) is 10.5. The molecule has 0 amide bonds. The average molecular weight is 246 g/mol. The van der Waals surface area contributed by atoms with Gasteiger partial charge in [-0.1, -0.05) is 18.6 Å². The minimum Gasteiger partial charge on any atom is -0.508 e. The van der Waals surface area contributed by atoms with Crippen molar-refractivity contribution in [2.75, 3.05) is 6.61 Å². The van der Waals surface area contributed by atoms with E-state index in [2.05, 4.69) is 18.2 Å². The molecule has 18 heavy (non-hydrogen) atoms. The van der Waals surface area contributed by atoms with Crippen molar-refractivity contribution in [3.63, 3.8) is 0 Å². The zero-order valence-electron chi connectivity index (χ0n) is 11.1. The van der Waals surface area contributed by atoms with Gasteiger partial charge in [0.15, 0.2) is 0 Å². The number of rotatable bonds is 3. The molecule has 0 heterocycles. The van der Waals surface area contributed by atoms with Crippen LogP contribution in [-0.2, 0) is 0 Å². The minimum absolute atomic E-state index is 0.307. The Morgan fingerprint density at radius 1 is 1.22 bits per heavy atom. The van der Waals surface area contributed by atoms with Gasteiger partial charge in [-0.3, -0.25) is 0 Å². The maximum absolute atomic E-state index is 9.78. The zero-order valence-corrected chi connectivity index (χ0v) is 11.1. The van der Waals surface area contributed by atoms with Gasteiger partial charge in [-0.15, -0.1) is 0 Å². The van der Waals surface area contributed by atoms with Gasteiger partial charge >= 0.3 is 0 Å². The third-order valence-electron chi connectivity index (χ3n) is 3.46. The fourth-order valence-corrected chi connectivity index (χ4v) is 2.54. The van der Waals surface area contributed by atoms with Crippen LogP contribution in [0.15, 0.2) is 30.4 Å². The molecule has 2 heteroatoms. The molecule has 1 aliphatic rings. The first-order valence-electron chi connectivity index (χ1n) is 6.91. The Labute approximate surface area is 109 Å². The number of hydrogen-bond donors (Lipinski definition) is 1. The number of phenolic OH excluding ortho intramolecular Hbond substituents is 1. The molecule has 0 radical (unpaired) electrons. The van der Waals surface area contributed by atoms with Crippen LogP contribution >= 0.6 is 0 Å². The molecule has 98 valence electrons. The van der Waals surface area contributed by atoms with E-state index >= 15 is 0 Å². The Morgan fingerprint density at radius 3 is 2.94 bits per heavy atom. The van der Waals surface area contributed by atoms with Crippen molar-refractivity contribution in [3.05, 3.63) is 35.9 Å². The number of aromatic hydroxyl groups is 1. The van der Waals surface area contributed by atoms with E-state index in [0.717, 1.165) is 12.2 Å². The van der Waals surface area contributed by atoms with E-state index < -0.39 is 0 Å². The molecule has 0 saturated carbocycles. The van der Waals surface area contributed by atoms with Crippen LogP contribution in [0.1, 0.15) is 50.5 Å². The van der Waals surface area contributed by atoms with Crippen molar-refractivity contribution in [2.45, 2.75) is 44.9 Å². The molecule has 0 aliphatic heterocycles. The van der Waals surface area contributed by atoms with Gasteiger partial charge in [-0.25, -0.2) is 0 Å². The molecule has 1 atom stereocenters. The van der Waals surface area contributed by atoms with Gasteiger partial charge in [0, 0.05) is 6.07 Å². The molecule has 1 aromatic rings. The predicted octanol–water partition coefficient (Wildman–Crippen LogP) is 4.39. The molecule has 2 rings (SSSR count). The first-order valence-corrected chi connectivity index (χ1v) is 6.91. The summed E-state index contributed by atoms with van der Waals surface area (Å²) in [6.45, 7) is 2.59. The lowest BCUT2D eigenvalue weighted by molar-refractivity contribution is 0.336. The predicted molar refractivity (Wildman–Crippen MR) is 74.2 cm³/mol. The van der Waals surface area contributed by atoms with Gasteiger partial charge in [0.2, 0.25) is 0 Å². The van der Waals surface area contributed by atoms with Crippen molar-refractivity contribution >= 4 is 0 Å². The molecule has 0 spiro atoms. The van der Waals surface area contributed by atoms with Crippen molar-refractivity contribution in [1.29, 1.82) is 0 Å². The summed E-state index contributed by atoms with van der Waals surface area (Å²) in [5.41, 5.74) is 1.20. The topological polar surface area (TPSA) is 29.5 Å². The zero-order chi connectivity index (χ0) is 12.8. The monoisotopic (exact) mass is 246 g/mol. The fraction of sp³-hybridized carbons (Fsp3) is 0.500. The van der Waals surface area contributed by atoms with Crippen LogP contribution in [0.4, 0.5) is 0 Å². The van der Waals surface area contributed by atoms with E-state index in [-0.39, 0.29) is 0 Å². The van der Waals surface area contributed by atoms with Gasteiger partial charge in [-0.05, 0) is 56.2 Å². The minimum atomic E-state index is 0.307. The molecular formula is C16H22O2. The molecule has 0 bridgehead atoms. The molecular weight excluding hydrogens is 224 g/mol. The highest BCUT2D eigenvalue weighted by atomic mass is 16.5. The lowest BCUT2D eigenvalue weighted by atomic mass is 9.88. The first kappa shape index (κ1) is 13.0. The average Bonchev–Trinajstić information content (AvgIpc) is 2.27. The van der Waals surface area contributed by atoms with Gasteiger partial charge in [0.1, 0.15) is 11.5 Å². The number of benzene rings is 1. The smallest absolute Gasteiger partial charge is 0.123 e. The Morgan fingerprint density at radius 2 is 2.11 bits per heavy atom. The molecule has 1 aliphatic carbocycles. The van der Waals surface area contributed by atoms with Crippen molar-refractivity contribution < 1.29 is 9.84 Å². The quantitative estimate of drug-likeness (QED) is 0.801. The maximum Gasteiger partial charge on any atom is 0.123 e. The Bertz CT molecular complexity index is 410. The van der Waals surface area contributed by atoms with Crippen LogP contribution in [0.5, 0.6) is 11.5 Å². The first-order chi connectivity index (χ1) is 8.79. The van der Waals surface area contributed by atoms with Crippen molar-refractivity contribution in [3.8, 4) is 11.5 Å². The third kappa shape index (κ3) is 3.52. The van der Waals surface area contributed by atoms with Crippen LogP contribution in [0.3, 0.4) is 0 Å². The van der Waals surface area contributed by atoms with Gasteiger partial charge < -0.3 is 9.84 Å². The standard InChI is InChI=1S/C16H22O2/c1-2-18-16-11-14(10-15(17)12-16)13-8-6-4-3-5-7-9-13/h4,6,10-13,17H,2-3,5,7-9H2,1H3/b6-4-. The lowest BCUT2D eigenvalue weighted by Crippen LogP contribution is -2.01. The molecule has 0 fully saturated rings. The molecule has 1 aromatic carbocycles.